The molecule has 0 bridgehead atoms. The highest BCUT2D eigenvalue weighted by atomic mass is 32.2. The van der Waals surface area contributed by atoms with Gasteiger partial charge in [-0.25, -0.2) is 0 Å². The Balaban J connectivity index is 2.56. The SMILES string of the molecule is CCNC1c2cc(C)cc(C)c2S(=O)CC1C. The van der Waals surface area contributed by atoms with Gasteiger partial charge in [-0.1, -0.05) is 31.5 Å². The van der Waals surface area contributed by atoms with Crippen LogP contribution in [-0.2, 0) is 10.8 Å². The minimum atomic E-state index is -0.829. The van der Waals surface area contributed by atoms with E-state index in [2.05, 4.69) is 45.1 Å². The van der Waals surface area contributed by atoms with E-state index < -0.39 is 10.8 Å². The fourth-order valence-electron chi connectivity index (χ4n) is 2.79. The van der Waals surface area contributed by atoms with E-state index in [9.17, 15) is 4.21 Å². The molecule has 0 aromatic heterocycles. The van der Waals surface area contributed by atoms with Crippen molar-refractivity contribution in [3.05, 3.63) is 28.8 Å². The highest BCUT2D eigenvalue weighted by Gasteiger charge is 2.31. The van der Waals surface area contributed by atoms with Crippen molar-refractivity contribution in [2.75, 3.05) is 12.3 Å². The van der Waals surface area contributed by atoms with Crippen LogP contribution in [0.2, 0.25) is 0 Å². The molecule has 94 valence electrons. The second-order valence-corrected chi connectivity index (χ2v) is 6.46. The first kappa shape index (κ1) is 12.8. The molecule has 17 heavy (non-hydrogen) atoms. The number of fused-ring (bicyclic) bond motifs is 1. The van der Waals surface area contributed by atoms with Crippen LogP contribution < -0.4 is 5.32 Å². The molecule has 1 aliphatic rings. The maximum absolute atomic E-state index is 12.3. The van der Waals surface area contributed by atoms with Crippen molar-refractivity contribution in [1.29, 1.82) is 0 Å². The Morgan fingerprint density at radius 1 is 1.41 bits per heavy atom. The molecule has 3 unspecified atom stereocenters. The second kappa shape index (κ2) is 4.91. The highest BCUT2D eigenvalue weighted by Crippen LogP contribution is 2.36. The van der Waals surface area contributed by atoms with Crippen molar-refractivity contribution in [3.63, 3.8) is 0 Å². The summed E-state index contributed by atoms with van der Waals surface area (Å²) < 4.78 is 12.3. The monoisotopic (exact) mass is 251 g/mol. The first-order chi connectivity index (χ1) is 8.04. The third-order valence-corrected chi connectivity index (χ3v) is 5.26. The Labute approximate surface area is 106 Å². The van der Waals surface area contributed by atoms with Crippen LogP contribution in [0.4, 0.5) is 0 Å². The Morgan fingerprint density at radius 3 is 2.76 bits per heavy atom. The van der Waals surface area contributed by atoms with Gasteiger partial charge in [0.25, 0.3) is 0 Å². The molecule has 0 aliphatic carbocycles. The highest BCUT2D eigenvalue weighted by molar-refractivity contribution is 7.85. The first-order valence-corrected chi connectivity index (χ1v) is 7.59. The van der Waals surface area contributed by atoms with Crippen molar-refractivity contribution >= 4 is 10.8 Å². The quantitative estimate of drug-likeness (QED) is 0.875. The zero-order valence-electron chi connectivity index (χ0n) is 11.0. The van der Waals surface area contributed by atoms with Gasteiger partial charge < -0.3 is 5.32 Å². The van der Waals surface area contributed by atoms with Crippen LogP contribution in [0.15, 0.2) is 17.0 Å². The van der Waals surface area contributed by atoms with Crippen LogP contribution in [0.1, 0.15) is 36.6 Å². The fraction of sp³-hybridized carbons (Fsp3) is 0.571. The van der Waals surface area contributed by atoms with E-state index in [1.807, 2.05) is 0 Å². The summed E-state index contributed by atoms with van der Waals surface area (Å²) in [5.41, 5.74) is 3.69. The molecular formula is C14H21NOS. The van der Waals surface area contributed by atoms with Gasteiger partial charge in [0.1, 0.15) is 0 Å². The molecular weight excluding hydrogens is 230 g/mol. The maximum atomic E-state index is 12.3. The molecule has 0 fully saturated rings. The lowest BCUT2D eigenvalue weighted by atomic mass is 9.92. The van der Waals surface area contributed by atoms with Crippen LogP contribution in [0.5, 0.6) is 0 Å². The van der Waals surface area contributed by atoms with E-state index in [4.69, 9.17) is 0 Å². The summed E-state index contributed by atoms with van der Waals surface area (Å²) in [7, 11) is -0.829. The summed E-state index contributed by atoms with van der Waals surface area (Å²) in [6.07, 6.45) is 0. The largest absolute Gasteiger partial charge is 0.310 e. The number of benzene rings is 1. The maximum Gasteiger partial charge on any atom is 0.0539 e. The van der Waals surface area contributed by atoms with Gasteiger partial charge >= 0.3 is 0 Å². The van der Waals surface area contributed by atoms with E-state index in [0.717, 1.165) is 17.2 Å². The zero-order chi connectivity index (χ0) is 12.6. The van der Waals surface area contributed by atoms with Crippen LogP contribution >= 0.6 is 0 Å². The Hall–Kier alpha value is -0.670. The summed E-state index contributed by atoms with van der Waals surface area (Å²) in [6.45, 7) is 9.45. The van der Waals surface area contributed by atoms with Crippen molar-refractivity contribution < 1.29 is 4.21 Å². The predicted octanol–water partition coefficient (Wildman–Crippen LogP) is 2.71. The van der Waals surface area contributed by atoms with E-state index in [0.29, 0.717) is 12.0 Å². The zero-order valence-corrected chi connectivity index (χ0v) is 11.9. The van der Waals surface area contributed by atoms with Crippen LogP contribution in [0.25, 0.3) is 0 Å². The molecule has 3 heteroatoms. The summed E-state index contributed by atoms with van der Waals surface area (Å²) >= 11 is 0. The number of hydrogen-bond donors (Lipinski definition) is 1. The summed E-state index contributed by atoms with van der Waals surface area (Å²) in [4.78, 5) is 1.07. The Morgan fingerprint density at radius 2 is 2.12 bits per heavy atom. The lowest BCUT2D eigenvalue weighted by molar-refractivity contribution is 0.410. The van der Waals surface area contributed by atoms with E-state index >= 15 is 0 Å². The molecule has 1 aromatic rings. The van der Waals surface area contributed by atoms with E-state index in [1.54, 1.807) is 0 Å². The van der Waals surface area contributed by atoms with Gasteiger partial charge in [-0.05, 0) is 37.4 Å². The smallest absolute Gasteiger partial charge is 0.0539 e. The third-order valence-electron chi connectivity index (χ3n) is 3.42. The molecule has 1 aliphatic heterocycles. The van der Waals surface area contributed by atoms with Gasteiger partial charge in [0, 0.05) is 16.7 Å². The number of nitrogens with one attached hydrogen (secondary N) is 1. The molecule has 3 atom stereocenters. The second-order valence-electron chi connectivity index (χ2n) is 5.02. The van der Waals surface area contributed by atoms with Gasteiger partial charge in [-0.15, -0.1) is 0 Å². The molecule has 0 saturated carbocycles. The average molecular weight is 251 g/mol. The summed E-state index contributed by atoms with van der Waals surface area (Å²) in [5.74, 6) is 1.21. The minimum Gasteiger partial charge on any atom is -0.310 e. The first-order valence-electron chi connectivity index (χ1n) is 6.27. The standard InChI is InChI=1S/C14H21NOS/c1-5-15-13-11(4)8-17(16)14-10(3)6-9(2)7-12(13)14/h6-7,11,13,15H,5,8H2,1-4H3. The lowest BCUT2D eigenvalue weighted by Gasteiger charge is -2.32. The van der Waals surface area contributed by atoms with Crippen LogP contribution in [-0.4, -0.2) is 16.5 Å². The number of hydrogen-bond acceptors (Lipinski definition) is 2. The van der Waals surface area contributed by atoms with E-state index in [-0.39, 0.29) is 0 Å². The van der Waals surface area contributed by atoms with Gasteiger partial charge in [0.15, 0.2) is 0 Å². The van der Waals surface area contributed by atoms with Gasteiger partial charge in [-0.2, -0.15) is 0 Å². The fourth-order valence-corrected chi connectivity index (χ4v) is 4.49. The summed E-state index contributed by atoms with van der Waals surface area (Å²) in [5, 5.41) is 3.53. The lowest BCUT2D eigenvalue weighted by Crippen LogP contribution is -2.34. The topological polar surface area (TPSA) is 29.1 Å². The summed E-state index contributed by atoms with van der Waals surface area (Å²) in [6, 6.07) is 4.69. The Bertz CT molecular complexity index is 456. The van der Waals surface area contributed by atoms with Crippen molar-refractivity contribution in [1.82, 2.24) is 5.32 Å². The predicted molar refractivity (Wildman–Crippen MR) is 72.8 cm³/mol. The normalized spacial score (nSPS) is 27.9. The van der Waals surface area contributed by atoms with E-state index in [1.165, 1.54) is 16.7 Å². The molecule has 1 N–H and O–H groups in total. The number of rotatable bonds is 2. The molecule has 0 radical (unpaired) electrons. The minimum absolute atomic E-state index is 0.353. The molecule has 0 amide bonds. The van der Waals surface area contributed by atoms with Gasteiger partial charge in [-0.3, -0.25) is 4.21 Å². The van der Waals surface area contributed by atoms with Crippen molar-refractivity contribution in [3.8, 4) is 0 Å². The van der Waals surface area contributed by atoms with Gasteiger partial charge in [0.2, 0.25) is 0 Å². The Kier molecular flexibility index (Phi) is 3.69. The molecule has 2 nitrogen and oxygen atoms in total. The molecule has 0 spiro atoms. The number of aryl methyl sites for hydroxylation is 2. The average Bonchev–Trinajstić information content (AvgIpc) is 2.22. The van der Waals surface area contributed by atoms with Crippen molar-refractivity contribution in [2.45, 2.75) is 38.6 Å². The van der Waals surface area contributed by atoms with Gasteiger partial charge in [0.05, 0.1) is 10.8 Å². The molecule has 1 heterocycles. The van der Waals surface area contributed by atoms with Crippen molar-refractivity contribution in [2.24, 2.45) is 5.92 Å². The van der Waals surface area contributed by atoms with Crippen LogP contribution in [0, 0.1) is 19.8 Å². The third kappa shape index (κ3) is 2.31. The molecule has 1 aromatic carbocycles. The molecule has 2 rings (SSSR count). The van der Waals surface area contributed by atoms with Crippen LogP contribution in [0.3, 0.4) is 0 Å². The molecule has 0 saturated heterocycles.